The van der Waals surface area contributed by atoms with E-state index in [-0.39, 0.29) is 0 Å². The Kier molecular flexibility index (Phi) is 4.14. The largest absolute Gasteiger partial charge is 0.281 e. The van der Waals surface area contributed by atoms with E-state index in [1.54, 1.807) is 6.07 Å². The highest BCUT2D eigenvalue weighted by atomic mass is 35.5. The second kappa shape index (κ2) is 4.39. The molecule has 0 aliphatic heterocycles. The molecule has 0 aliphatic carbocycles. The van der Waals surface area contributed by atoms with Crippen molar-refractivity contribution in [2.45, 2.75) is 20.8 Å². The van der Waals surface area contributed by atoms with Crippen molar-refractivity contribution in [1.82, 2.24) is 10.2 Å². The molecular weight excluding hydrogens is 136 g/mol. The van der Waals surface area contributed by atoms with Gasteiger partial charge in [0.05, 0.1) is 0 Å². The van der Waals surface area contributed by atoms with Gasteiger partial charge in [0.25, 0.3) is 0 Å². The monoisotopic (exact) mass is 146 g/mol. The van der Waals surface area contributed by atoms with E-state index >= 15 is 0 Å². The van der Waals surface area contributed by atoms with Crippen LogP contribution in [0.4, 0.5) is 0 Å². The lowest BCUT2D eigenvalue weighted by atomic mass is 10.5. The van der Waals surface area contributed by atoms with Gasteiger partial charge in [-0.3, -0.25) is 5.10 Å². The fourth-order valence-corrected chi connectivity index (χ4v) is 0.591. The van der Waals surface area contributed by atoms with Crippen LogP contribution in [0.2, 0.25) is 5.15 Å². The molecule has 0 atom stereocenters. The Hall–Kier alpha value is -0.500. The molecule has 0 aliphatic rings. The number of aryl methyl sites for hydroxylation is 1. The molecule has 0 amide bonds. The molecule has 0 unspecified atom stereocenters. The maximum Gasteiger partial charge on any atom is 0.151 e. The van der Waals surface area contributed by atoms with Gasteiger partial charge in [0.2, 0.25) is 0 Å². The van der Waals surface area contributed by atoms with E-state index < -0.39 is 0 Å². The van der Waals surface area contributed by atoms with Crippen molar-refractivity contribution < 1.29 is 0 Å². The SMILES string of the molecule is CC.Cc1cc(Cl)n[nH]1. The molecule has 1 rings (SSSR count). The van der Waals surface area contributed by atoms with Crippen molar-refractivity contribution in [2.75, 3.05) is 0 Å². The Labute approximate surface area is 60.2 Å². The quantitative estimate of drug-likeness (QED) is 0.598. The van der Waals surface area contributed by atoms with E-state index in [0.29, 0.717) is 5.15 Å². The van der Waals surface area contributed by atoms with Gasteiger partial charge in [-0.2, -0.15) is 5.10 Å². The average molecular weight is 147 g/mol. The minimum Gasteiger partial charge on any atom is -0.281 e. The van der Waals surface area contributed by atoms with E-state index in [9.17, 15) is 0 Å². The Morgan fingerprint density at radius 2 is 2.11 bits per heavy atom. The predicted octanol–water partition coefficient (Wildman–Crippen LogP) is 2.40. The lowest BCUT2D eigenvalue weighted by molar-refractivity contribution is 1.05. The summed E-state index contributed by atoms with van der Waals surface area (Å²) in [4.78, 5) is 0. The normalized spacial score (nSPS) is 8.00. The van der Waals surface area contributed by atoms with Crippen LogP contribution in [0, 0.1) is 6.92 Å². The smallest absolute Gasteiger partial charge is 0.151 e. The highest BCUT2D eigenvalue weighted by molar-refractivity contribution is 6.29. The van der Waals surface area contributed by atoms with Crippen LogP contribution >= 0.6 is 11.6 Å². The molecule has 0 radical (unpaired) electrons. The number of hydrogen-bond acceptors (Lipinski definition) is 1. The van der Waals surface area contributed by atoms with Crippen molar-refractivity contribution in [1.29, 1.82) is 0 Å². The number of aromatic amines is 1. The molecule has 0 bridgehead atoms. The first-order chi connectivity index (χ1) is 4.29. The van der Waals surface area contributed by atoms with Gasteiger partial charge in [-0.25, -0.2) is 0 Å². The highest BCUT2D eigenvalue weighted by Gasteiger charge is 1.87. The van der Waals surface area contributed by atoms with Crippen LogP contribution in [-0.2, 0) is 0 Å². The third-order valence-corrected chi connectivity index (χ3v) is 0.868. The summed E-state index contributed by atoms with van der Waals surface area (Å²) in [5.41, 5.74) is 0.991. The van der Waals surface area contributed by atoms with Crippen LogP contribution in [-0.4, -0.2) is 10.2 Å². The Bertz CT molecular complexity index is 143. The summed E-state index contributed by atoms with van der Waals surface area (Å²) < 4.78 is 0. The van der Waals surface area contributed by atoms with Gasteiger partial charge in [0, 0.05) is 5.69 Å². The van der Waals surface area contributed by atoms with Gasteiger partial charge >= 0.3 is 0 Å². The summed E-state index contributed by atoms with van der Waals surface area (Å²) in [6.45, 7) is 5.90. The van der Waals surface area contributed by atoms with Gasteiger partial charge in [0.1, 0.15) is 0 Å². The van der Waals surface area contributed by atoms with E-state index in [4.69, 9.17) is 11.6 Å². The zero-order valence-corrected chi connectivity index (χ0v) is 6.66. The van der Waals surface area contributed by atoms with E-state index in [2.05, 4.69) is 10.2 Å². The third kappa shape index (κ3) is 3.14. The molecule has 0 saturated carbocycles. The lowest BCUT2D eigenvalue weighted by Crippen LogP contribution is -1.66. The molecule has 1 heterocycles. The minimum absolute atomic E-state index is 0.525. The molecule has 1 aromatic rings. The maximum atomic E-state index is 5.42. The molecule has 1 aromatic heterocycles. The highest BCUT2D eigenvalue weighted by Crippen LogP contribution is 2.02. The minimum atomic E-state index is 0.525. The Morgan fingerprint density at radius 3 is 2.22 bits per heavy atom. The molecule has 9 heavy (non-hydrogen) atoms. The molecule has 0 fully saturated rings. The summed E-state index contributed by atoms with van der Waals surface area (Å²) in [5, 5.41) is 6.87. The second-order valence-corrected chi connectivity index (χ2v) is 1.76. The van der Waals surface area contributed by atoms with Crippen molar-refractivity contribution in [3.8, 4) is 0 Å². The van der Waals surface area contributed by atoms with Crippen molar-refractivity contribution in [3.63, 3.8) is 0 Å². The summed E-state index contributed by atoms with van der Waals surface area (Å²) in [5.74, 6) is 0. The number of aromatic nitrogens is 2. The molecule has 2 nitrogen and oxygen atoms in total. The van der Waals surface area contributed by atoms with Gasteiger partial charge in [0.15, 0.2) is 5.15 Å². The first-order valence-electron chi connectivity index (χ1n) is 2.96. The number of nitrogens with one attached hydrogen (secondary N) is 1. The zero-order valence-electron chi connectivity index (χ0n) is 5.90. The Balaban J connectivity index is 0.000000291. The van der Waals surface area contributed by atoms with Crippen molar-refractivity contribution in [3.05, 3.63) is 16.9 Å². The van der Waals surface area contributed by atoms with Gasteiger partial charge in [-0.15, -0.1) is 0 Å². The van der Waals surface area contributed by atoms with Crippen LogP contribution in [0.15, 0.2) is 6.07 Å². The standard InChI is InChI=1S/C4H5ClN2.C2H6/c1-3-2-4(5)7-6-3;1-2/h2H,1H3,(H,6,7);1-2H3. The molecule has 0 spiro atoms. The number of hydrogen-bond donors (Lipinski definition) is 1. The average Bonchev–Trinajstić information content (AvgIpc) is 2.20. The number of nitrogens with zero attached hydrogens (tertiary/aromatic N) is 1. The van der Waals surface area contributed by atoms with Crippen LogP contribution in [0.25, 0.3) is 0 Å². The van der Waals surface area contributed by atoms with Gasteiger partial charge in [-0.1, -0.05) is 25.4 Å². The van der Waals surface area contributed by atoms with Crippen molar-refractivity contribution >= 4 is 11.6 Å². The Morgan fingerprint density at radius 1 is 1.56 bits per heavy atom. The summed E-state index contributed by atoms with van der Waals surface area (Å²) >= 11 is 5.42. The van der Waals surface area contributed by atoms with Crippen LogP contribution < -0.4 is 0 Å². The molecule has 3 heteroatoms. The first-order valence-corrected chi connectivity index (χ1v) is 3.34. The summed E-state index contributed by atoms with van der Waals surface area (Å²) in [7, 11) is 0. The fourth-order valence-electron chi connectivity index (χ4n) is 0.385. The first kappa shape index (κ1) is 8.50. The summed E-state index contributed by atoms with van der Waals surface area (Å²) in [6, 6.07) is 1.77. The van der Waals surface area contributed by atoms with Crippen LogP contribution in [0.5, 0.6) is 0 Å². The molecule has 0 aromatic carbocycles. The maximum absolute atomic E-state index is 5.42. The fraction of sp³-hybridized carbons (Fsp3) is 0.500. The third-order valence-electron chi connectivity index (χ3n) is 0.675. The van der Waals surface area contributed by atoms with Gasteiger partial charge in [-0.05, 0) is 13.0 Å². The lowest BCUT2D eigenvalue weighted by Gasteiger charge is -1.67. The van der Waals surface area contributed by atoms with E-state index in [1.807, 2.05) is 20.8 Å². The van der Waals surface area contributed by atoms with Crippen LogP contribution in [0.1, 0.15) is 19.5 Å². The van der Waals surface area contributed by atoms with E-state index in [0.717, 1.165) is 5.69 Å². The van der Waals surface area contributed by atoms with Crippen molar-refractivity contribution in [2.24, 2.45) is 0 Å². The zero-order chi connectivity index (χ0) is 7.28. The number of halogens is 1. The molecule has 52 valence electrons. The molecule has 0 saturated heterocycles. The molecule has 1 N–H and O–H groups in total. The van der Waals surface area contributed by atoms with Gasteiger partial charge < -0.3 is 0 Å². The van der Waals surface area contributed by atoms with Crippen LogP contribution in [0.3, 0.4) is 0 Å². The second-order valence-electron chi connectivity index (χ2n) is 1.37. The summed E-state index contributed by atoms with van der Waals surface area (Å²) in [6.07, 6.45) is 0. The van der Waals surface area contributed by atoms with E-state index in [1.165, 1.54) is 0 Å². The number of H-pyrrole nitrogens is 1. The molecular formula is C6H11ClN2. The predicted molar refractivity (Wildman–Crippen MR) is 39.7 cm³/mol. The number of rotatable bonds is 0. The topological polar surface area (TPSA) is 28.7 Å².